The summed E-state index contributed by atoms with van der Waals surface area (Å²) in [5, 5.41) is 0. The SMILES string of the molecule is CC(=O)c1cccc(C2CCN(C(=O)C3CCN(I)CC3)CC2)c1. The van der Waals surface area contributed by atoms with Crippen LogP contribution in [-0.2, 0) is 4.79 Å². The highest BCUT2D eigenvalue weighted by molar-refractivity contribution is 14.1. The highest BCUT2D eigenvalue weighted by Gasteiger charge is 2.30. The number of carbonyl (C=O) groups is 2. The molecule has 24 heavy (non-hydrogen) atoms. The monoisotopic (exact) mass is 440 g/mol. The van der Waals surface area contributed by atoms with Crippen molar-refractivity contribution in [2.24, 2.45) is 5.92 Å². The number of hydrogen-bond acceptors (Lipinski definition) is 3. The first-order valence-electron chi connectivity index (χ1n) is 8.85. The Kier molecular flexibility index (Phi) is 5.92. The van der Waals surface area contributed by atoms with E-state index < -0.39 is 0 Å². The van der Waals surface area contributed by atoms with Crippen molar-refractivity contribution in [1.82, 2.24) is 8.01 Å². The highest BCUT2D eigenvalue weighted by Crippen LogP contribution is 2.30. The van der Waals surface area contributed by atoms with E-state index in [1.54, 1.807) is 6.92 Å². The Hall–Kier alpha value is -0.950. The molecular formula is C19H25IN2O2. The van der Waals surface area contributed by atoms with Crippen molar-refractivity contribution < 1.29 is 9.59 Å². The molecule has 0 aromatic heterocycles. The molecule has 0 unspecified atom stereocenters. The number of Topliss-reactive ketones (excluding diaryl/α,β-unsaturated/α-hetero) is 1. The second-order valence-corrected chi connectivity index (χ2v) is 8.33. The van der Waals surface area contributed by atoms with Crippen LogP contribution in [-0.4, -0.2) is 45.9 Å². The third kappa shape index (κ3) is 4.17. The molecular weight excluding hydrogens is 415 g/mol. The number of benzene rings is 1. The lowest BCUT2D eigenvalue weighted by molar-refractivity contribution is -0.137. The van der Waals surface area contributed by atoms with Gasteiger partial charge in [0, 0.05) is 60.5 Å². The molecule has 2 saturated heterocycles. The van der Waals surface area contributed by atoms with Gasteiger partial charge in [0.2, 0.25) is 5.91 Å². The predicted octanol–water partition coefficient (Wildman–Crippen LogP) is 3.66. The minimum atomic E-state index is 0.117. The molecule has 0 spiro atoms. The van der Waals surface area contributed by atoms with Crippen LogP contribution in [0.25, 0.3) is 0 Å². The van der Waals surface area contributed by atoms with E-state index in [9.17, 15) is 9.59 Å². The molecule has 2 aliphatic rings. The number of hydrogen-bond donors (Lipinski definition) is 0. The maximum Gasteiger partial charge on any atom is 0.225 e. The van der Waals surface area contributed by atoms with E-state index >= 15 is 0 Å². The Balaban J connectivity index is 1.56. The van der Waals surface area contributed by atoms with Gasteiger partial charge in [0.05, 0.1) is 0 Å². The fourth-order valence-electron chi connectivity index (χ4n) is 3.80. The van der Waals surface area contributed by atoms with Crippen molar-refractivity contribution in [3.63, 3.8) is 0 Å². The van der Waals surface area contributed by atoms with E-state index in [2.05, 4.69) is 36.9 Å². The minimum absolute atomic E-state index is 0.117. The lowest BCUT2D eigenvalue weighted by atomic mass is 9.87. The van der Waals surface area contributed by atoms with Gasteiger partial charge in [-0.15, -0.1) is 0 Å². The Labute approximate surface area is 158 Å². The zero-order valence-electron chi connectivity index (χ0n) is 14.2. The van der Waals surface area contributed by atoms with Crippen LogP contribution in [0.3, 0.4) is 0 Å². The molecule has 4 nitrogen and oxygen atoms in total. The summed E-state index contributed by atoms with van der Waals surface area (Å²) >= 11 is 2.35. The number of ketones is 1. The maximum absolute atomic E-state index is 12.7. The number of halogens is 1. The summed E-state index contributed by atoms with van der Waals surface area (Å²) in [5.74, 6) is 1.15. The van der Waals surface area contributed by atoms with Crippen molar-refractivity contribution in [3.8, 4) is 0 Å². The van der Waals surface area contributed by atoms with Crippen molar-refractivity contribution in [1.29, 1.82) is 0 Å². The lowest BCUT2D eigenvalue weighted by Crippen LogP contribution is -2.43. The first-order valence-corrected chi connectivity index (χ1v) is 9.81. The van der Waals surface area contributed by atoms with E-state index in [1.165, 1.54) is 5.56 Å². The molecule has 0 atom stereocenters. The van der Waals surface area contributed by atoms with E-state index in [1.807, 2.05) is 18.2 Å². The molecule has 2 aliphatic heterocycles. The highest BCUT2D eigenvalue weighted by atomic mass is 127. The predicted molar refractivity (Wildman–Crippen MR) is 103 cm³/mol. The maximum atomic E-state index is 12.7. The van der Waals surface area contributed by atoms with Crippen molar-refractivity contribution in [2.45, 2.75) is 38.5 Å². The number of piperidine rings is 2. The van der Waals surface area contributed by atoms with E-state index in [0.29, 0.717) is 11.8 Å². The van der Waals surface area contributed by atoms with Gasteiger partial charge in [-0.2, -0.15) is 0 Å². The molecule has 1 aromatic carbocycles. The number of rotatable bonds is 3. The Morgan fingerprint density at radius 3 is 2.33 bits per heavy atom. The van der Waals surface area contributed by atoms with E-state index in [-0.39, 0.29) is 11.7 Å². The third-order valence-corrected chi connectivity index (χ3v) is 6.33. The molecule has 0 N–H and O–H groups in total. The normalized spacial score (nSPS) is 21.0. The molecule has 2 heterocycles. The van der Waals surface area contributed by atoms with Crippen molar-refractivity contribution in [2.75, 3.05) is 26.2 Å². The van der Waals surface area contributed by atoms with Gasteiger partial charge in [-0.1, -0.05) is 18.2 Å². The summed E-state index contributed by atoms with van der Waals surface area (Å²) in [6.45, 7) is 5.34. The Bertz CT molecular complexity index is 603. The molecule has 0 aliphatic carbocycles. The van der Waals surface area contributed by atoms with Crippen LogP contribution in [0.1, 0.15) is 54.4 Å². The summed E-state index contributed by atoms with van der Waals surface area (Å²) in [6, 6.07) is 8.00. The molecule has 1 amide bonds. The van der Waals surface area contributed by atoms with Crippen LogP contribution in [0, 0.1) is 5.92 Å². The first-order chi connectivity index (χ1) is 11.5. The first kappa shape index (κ1) is 17.9. The summed E-state index contributed by atoms with van der Waals surface area (Å²) in [6.07, 6.45) is 3.97. The molecule has 0 bridgehead atoms. The van der Waals surface area contributed by atoms with Gasteiger partial charge < -0.3 is 4.90 Å². The van der Waals surface area contributed by atoms with E-state index in [0.717, 1.165) is 57.4 Å². The molecule has 5 heteroatoms. The molecule has 0 radical (unpaired) electrons. The number of likely N-dealkylation sites (tertiary alicyclic amines) is 1. The fraction of sp³-hybridized carbons (Fsp3) is 0.579. The topological polar surface area (TPSA) is 40.6 Å². The van der Waals surface area contributed by atoms with Crippen LogP contribution in [0.2, 0.25) is 0 Å². The van der Waals surface area contributed by atoms with Gasteiger partial charge in [0.25, 0.3) is 0 Å². The Morgan fingerprint density at radius 2 is 1.71 bits per heavy atom. The zero-order chi connectivity index (χ0) is 17.1. The number of carbonyl (C=O) groups excluding carboxylic acids is 2. The summed E-state index contributed by atoms with van der Waals surface area (Å²) in [4.78, 5) is 26.3. The van der Waals surface area contributed by atoms with Gasteiger partial charge in [0.15, 0.2) is 5.78 Å². The third-order valence-electron chi connectivity index (χ3n) is 5.36. The largest absolute Gasteiger partial charge is 0.342 e. The number of amides is 1. The van der Waals surface area contributed by atoms with Crippen molar-refractivity contribution >= 4 is 34.6 Å². The fourth-order valence-corrected chi connectivity index (χ4v) is 4.35. The summed E-state index contributed by atoms with van der Waals surface area (Å²) in [5.41, 5.74) is 2.03. The molecule has 3 rings (SSSR count). The lowest BCUT2D eigenvalue weighted by Gasteiger charge is -2.36. The molecule has 0 saturated carbocycles. The Morgan fingerprint density at radius 1 is 1.04 bits per heavy atom. The van der Waals surface area contributed by atoms with Crippen LogP contribution in [0.15, 0.2) is 24.3 Å². The second kappa shape index (κ2) is 7.95. The van der Waals surface area contributed by atoms with Gasteiger partial charge in [-0.25, -0.2) is 3.11 Å². The smallest absolute Gasteiger partial charge is 0.225 e. The average Bonchev–Trinajstić information content (AvgIpc) is 2.62. The molecule has 2 fully saturated rings. The van der Waals surface area contributed by atoms with Crippen LogP contribution >= 0.6 is 22.9 Å². The molecule has 130 valence electrons. The zero-order valence-corrected chi connectivity index (χ0v) is 16.4. The van der Waals surface area contributed by atoms with Gasteiger partial charge in [-0.3, -0.25) is 9.59 Å². The average molecular weight is 440 g/mol. The quantitative estimate of drug-likeness (QED) is 0.409. The van der Waals surface area contributed by atoms with Gasteiger partial charge in [0.1, 0.15) is 0 Å². The standard InChI is InChI=1S/C19H25IN2O2/c1-14(23)17-3-2-4-18(13-17)15-5-9-21(10-6-15)19(24)16-7-11-22(20)12-8-16/h2-4,13,15-16H,5-12H2,1H3. The van der Waals surface area contributed by atoms with Gasteiger partial charge in [-0.05, 0) is 50.2 Å². The molecule has 1 aromatic rings. The van der Waals surface area contributed by atoms with Crippen LogP contribution < -0.4 is 0 Å². The van der Waals surface area contributed by atoms with Crippen LogP contribution in [0.4, 0.5) is 0 Å². The number of nitrogens with zero attached hydrogens (tertiary/aromatic N) is 2. The van der Waals surface area contributed by atoms with Gasteiger partial charge >= 0.3 is 0 Å². The summed E-state index contributed by atoms with van der Waals surface area (Å²) < 4.78 is 2.27. The second-order valence-electron chi connectivity index (χ2n) is 6.97. The van der Waals surface area contributed by atoms with E-state index in [4.69, 9.17) is 0 Å². The summed E-state index contributed by atoms with van der Waals surface area (Å²) in [7, 11) is 0. The van der Waals surface area contributed by atoms with Crippen LogP contribution in [0.5, 0.6) is 0 Å². The van der Waals surface area contributed by atoms with Crippen molar-refractivity contribution in [3.05, 3.63) is 35.4 Å². The minimum Gasteiger partial charge on any atom is -0.342 e.